The zero-order valence-electron chi connectivity index (χ0n) is 14.7. The van der Waals surface area contributed by atoms with E-state index in [1.807, 2.05) is 0 Å². The third kappa shape index (κ3) is 3.50. The molecular weight excluding hydrogens is 262 g/mol. The van der Waals surface area contributed by atoms with Crippen LogP contribution in [0.25, 0.3) is 0 Å². The molecule has 0 radical (unpaired) electrons. The molecule has 0 spiro atoms. The Morgan fingerprint density at radius 3 is 1.53 bits per heavy atom. The van der Waals surface area contributed by atoms with E-state index in [4.69, 9.17) is 0 Å². The smallest absolute Gasteiger partial charge is 0.114 e. The SMILES string of the molecule is CC1=C(C)C(C)(C[Si](C)(C)N[Si](C)(C)C)C(C)=C1C. The van der Waals surface area contributed by atoms with Gasteiger partial charge in [-0.05, 0) is 44.9 Å². The van der Waals surface area contributed by atoms with Gasteiger partial charge in [-0.25, -0.2) is 0 Å². The zero-order valence-corrected chi connectivity index (χ0v) is 16.7. The molecule has 0 atom stereocenters. The Morgan fingerprint density at radius 2 is 1.21 bits per heavy atom. The molecule has 0 fully saturated rings. The highest BCUT2D eigenvalue weighted by molar-refractivity contribution is 6.90. The van der Waals surface area contributed by atoms with Crippen LogP contribution in [0.4, 0.5) is 0 Å². The largest absolute Gasteiger partial charge is 0.360 e. The predicted molar refractivity (Wildman–Crippen MR) is 93.6 cm³/mol. The van der Waals surface area contributed by atoms with Gasteiger partial charge >= 0.3 is 0 Å². The van der Waals surface area contributed by atoms with Crippen LogP contribution in [-0.2, 0) is 0 Å². The minimum atomic E-state index is -1.38. The van der Waals surface area contributed by atoms with Crippen LogP contribution < -0.4 is 4.65 Å². The van der Waals surface area contributed by atoms with Crippen molar-refractivity contribution in [1.82, 2.24) is 4.65 Å². The Labute approximate surface area is 122 Å². The van der Waals surface area contributed by atoms with Gasteiger partial charge in [0.15, 0.2) is 0 Å². The normalized spacial score (nSPS) is 20.5. The third-order valence-corrected chi connectivity index (χ3v) is 12.1. The summed E-state index contributed by atoms with van der Waals surface area (Å²) in [6.45, 7) is 24.0. The van der Waals surface area contributed by atoms with Crippen molar-refractivity contribution in [2.24, 2.45) is 5.41 Å². The Morgan fingerprint density at radius 1 is 0.842 bits per heavy atom. The number of nitrogens with one attached hydrogen (secondary N) is 1. The second-order valence-electron chi connectivity index (χ2n) is 8.27. The van der Waals surface area contributed by atoms with E-state index in [1.165, 1.54) is 17.2 Å². The molecule has 1 aliphatic carbocycles. The van der Waals surface area contributed by atoms with Gasteiger partial charge in [0.1, 0.15) is 16.5 Å². The monoisotopic (exact) mass is 295 g/mol. The lowest BCUT2D eigenvalue weighted by Crippen LogP contribution is -2.59. The van der Waals surface area contributed by atoms with E-state index in [0.29, 0.717) is 0 Å². The van der Waals surface area contributed by atoms with Gasteiger partial charge in [-0.3, -0.25) is 0 Å². The molecule has 0 amide bonds. The molecule has 0 saturated heterocycles. The first-order valence-electron chi connectivity index (χ1n) is 7.46. The maximum Gasteiger partial charge on any atom is 0.114 e. The molecule has 0 unspecified atom stereocenters. The van der Waals surface area contributed by atoms with Gasteiger partial charge in [-0.1, -0.05) is 50.8 Å². The molecule has 19 heavy (non-hydrogen) atoms. The molecule has 0 bridgehead atoms. The van der Waals surface area contributed by atoms with Crippen molar-refractivity contribution in [2.75, 3.05) is 0 Å². The summed E-state index contributed by atoms with van der Waals surface area (Å²) in [6.07, 6.45) is 0. The van der Waals surface area contributed by atoms with Crippen LogP contribution in [0, 0.1) is 5.41 Å². The topological polar surface area (TPSA) is 12.0 Å². The van der Waals surface area contributed by atoms with Gasteiger partial charge in [0.2, 0.25) is 0 Å². The first-order chi connectivity index (χ1) is 8.30. The van der Waals surface area contributed by atoms with Crippen molar-refractivity contribution >= 4 is 16.5 Å². The molecule has 0 aromatic carbocycles. The van der Waals surface area contributed by atoms with Gasteiger partial charge in [0, 0.05) is 5.41 Å². The standard InChI is InChI=1S/C16H33NSi2/c1-12-13(2)15(4)16(5,14(12)3)11-19(9,10)17-18(6,7)8/h17H,11H2,1-10H3. The van der Waals surface area contributed by atoms with Crippen molar-refractivity contribution in [2.45, 2.75) is 73.4 Å². The lowest BCUT2D eigenvalue weighted by molar-refractivity contribution is 0.535. The van der Waals surface area contributed by atoms with Gasteiger partial charge in [0.25, 0.3) is 0 Å². The molecule has 1 N–H and O–H groups in total. The Balaban J connectivity index is 3.06. The van der Waals surface area contributed by atoms with Crippen molar-refractivity contribution in [3.63, 3.8) is 0 Å². The summed E-state index contributed by atoms with van der Waals surface area (Å²) in [5.41, 5.74) is 6.54. The highest BCUT2D eigenvalue weighted by Crippen LogP contribution is 2.50. The van der Waals surface area contributed by atoms with Crippen LogP contribution in [0.2, 0.25) is 38.8 Å². The summed E-state index contributed by atoms with van der Waals surface area (Å²) in [5, 5.41) is 0. The number of rotatable bonds is 4. The minimum Gasteiger partial charge on any atom is -0.360 e. The average Bonchev–Trinajstić information content (AvgIpc) is 2.30. The fraction of sp³-hybridized carbons (Fsp3) is 0.750. The molecule has 0 saturated carbocycles. The molecule has 0 aromatic rings. The van der Waals surface area contributed by atoms with E-state index in [1.54, 1.807) is 11.1 Å². The summed E-state index contributed by atoms with van der Waals surface area (Å²) in [5.74, 6) is 0. The fourth-order valence-electron chi connectivity index (χ4n) is 3.88. The second-order valence-corrected chi connectivity index (χ2v) is 17.9. The molecule has 0 aliphatic heterocycles. The van der Waals surface area contributed by atoms with E-state index in [9.17, 15) is 0 Å². The third-order valence-electron chi connectivity index (χ3n) is 4.85. The Kier molecular flexibility index (Phi) is 4.46. The minimum absolute atomic E-state index is 0.288. The highest BCUT2D eigenvalue weighted by atomic mass is 28.4. The first-order valence-corrected chi connectivity index (χ1v) is 14.2. The predicted octanol–water partition coefficient (Wildman–Crippen LogP) is 5.31. The van der Waals surface area contributed by atoms with Crippen LogP contribution in [0.3, 0.4) is 0 Å². The summed E-state index contributed by atoms with van der Waals surface area (Å²) in [4.78, 5) is 0. The lowest BCUT2D eigenvalue weighted by Gasteiger charge is -2.40. The van der Waals surface area contributed by atoms with E-state index >= 15 is 0 Å². The van der Waals surface area contributed by atoms with E-state index in [2.05, 4.69) is 72.0 Å². The van der Waals surface area contributed by atoms with E-state index < -0.39 is 16.5 Å². The van der Waals surface area contributed by atoms with Crippen LogP contribution in [0.15, 0.2) is 22.3 Å². The number of hydrogen-bond acceptors (Lipinski definition) is 1. The molecule has 0 heterocycles. The van der Waals surface area contributed by atoms with Crippen LogP contribution in [0.5, 0.6) is 0 Å². The number of hydrogen-bond donors (Lipinski definition) is 1. The Bertz CT molecular complexity index is 412. The van der Waals surface area contributed by atoms with Gasteiger partial charge in [-0.2, -0.15) is 0 Å². The Hall–Kier alpha value is -0.126. The van der Waals surface area contributed by atoms with Crippen molar-refractivity contribution in [3.05, 3.63) is 22.3 Å². The molecule has 110 valence electrons. The molecule has 1 aliphatic rings. The van der Waals surface area contributed by atoms with Crippen LogP contribution in [0.1, 0.15) is 34.6 Å². The lowest BCUT2D eigenvalue weighted by atomic mass is 9.81. The molecule has 1 rings (SSSR count). The van der Waals surface area contributed by atoms with Crippen molar-refractivity contribution in [1.29, 1.82) is 0 Å². The summed E-state index contributed by atoms with van der Waals surface area (Å²) in [7, 11) is -2.57. The number of allylic oxidation sites excluding steroid dienone is 4. The molecule has 1 nitrogen and oxygen atoms in total. The van der Waals surface area contributed by atoms with Crippen LogP contribution >= 0.6 is 0 Å². The molecule has 3 heteroatoms. The van der Waals surface area contributed by atoms with E-state index in [0.717, 1.165) is 0 Å². The first kappa shape index (κ1) is 16.9. The maximum absolute atomic E-state index is 4.05. The molecule has 0 aromatic heterocycles. The average molecular weight is 296 g/mol. The second kappa shape index (κ2) is 5.01. The van der Waals surface area contributed by atoms with Crippen LogP contribution in [-0.4, -0.2) is 16.5 Å². The quantitative estimate of drug-likeness (QED) is 0.693. The van der Waals surface area contributed by atoms with Crippen molar-refractivity contribution < 1.29 is 0 Å². The fourth-order valence-corrected chi connectivity index (χ4v) is 14.7. The van der Waals surface area contributed by atoms with E-state index in [-0.39, 0.29) is 5.41 Å². The summed E-state index contributed by atoms with van der Waals surface area (Å²) >= 11 is 0. The van der Waals surface area contributed by atoms with Gasteiger partial charge < -0.3 is 4.65 Å². The van der Waals surface area contributed by atoms with Crippen molar-refractivity contribution in [3.8, 4) is 0 Å². The summed E-state index contributed by atoms with van der Waals surface area (Å²) in [6, 6.07) is 1.32. The van der Waals surface area contributed by atoms with Gasteiger partial charge in [-0.15, -0.1) is 0 Å². The molecular formula is C16H33NSi2. The highest BCUT2D eigenvalue weighted by Gasteiger charge is 2.42. The maximum atomic E-state index is 4.05. The van der Waals surface area contributed by atoms with Gasteiger partial charge in [0.05, 0.1) is 0 Å². The zero-order chi connectivity index (χ0) is 15.2. The summed E-state index contributed by atoms with van der Waals surface area (Å²) < 4.78 is 4.05.